The van der Waals surface area contributed by atoms with Crippen LogP contribution in [0.4, 0.5) is 5.82 Å². The highest BCUT2D eigenvalue weighted by molar-refractivity contribution is 5.69. The smallest absolute Gasteiger partial charge is 0.128 e. The van der Waals surface area contributed by atoms with Gasteiger partial charge in [-0.15, -0.1) is 0 Å². The Labute approximate surface area is 159 Å². The topological polar surface area (TPSA) is 54.4 Å². The van der Waals surface area contributed by atoms with Crippen molar-refractivity contribution in [2.75, 3.05) is 45.2 Å². The Bertz CT molecular complexity index is 904. The molecule has 2 aromatic heterocycles. The highest BCUT2D eigenvalue weighted by Crippen LogP contribution is 2.29. The summed E-state index contributed by atoms with van der Waals surface area (Å²) in [6.07, 6.45) is 5.41. The van der Waals surface area contributed by atoms with Crippen molar-refractivity contribution in [2.24, 2.45) is 0 Å². The van der Waals surface area contributed by atoms with E-state index in [0.717, 1.165) is 60.3 Å². The molecule has 1 fully saturated rings. The van der Waals surface area contributed by atoms with Crippen molar-refractivity contribution in [3.8, 4) is 28.3 Å². The number of benzene rings is 1. The Balaban J connectivity index is 1.59. The fourth-order valence-electron chi connectivity index (χ4n) is 3.25. The van der Waals surface area contributed by atoms with E-state index in [4.69, 9.17) is 9.72 Å². The van der Waals surface area contributed by atoms with Gasteiger partial charge in [0.25, 0.3) is 0 Å². The van der Waals surface area contributed by atoms with Crippen LogP contribution in [0.15, 0.2) is 55.0 Å². The number of ether oxygens (including phenoxy) is 1. The summed E-state index contributed by atoms with van der Waals surface area (Å²) in [7, 11) is 3.82. The Morgan fingerprint density at radius 2 is 1.67 bits per heavy atom. The molecule has 0 amide bonds. The monoisotopic (exact) mass is 361 g/mol. The summed E-state index contributed by atoms with van der Waals surface area (Å²) in [5.41, 5.74) is 3.47. The molecular weight excluding hydrogens is 338 g/mol. The molecule has 0 unspecified atom stereocenters. The van der Waals surface area contributed by atoms with E-state index >= 15 is 0 Å². The lowest BCUT2D eigenvalue weighted by molar-refractivity contribution is 0.312. The summed E-state index contributed by atoms with van der Waals surface area (Å²) in [4.78, 5) is 18.5. The maximum Gasteiger partial charge on any atom is 0.128 e. The first-order valence-corrected chi connectivity index (χ1v) is 9.10. The minimum absolute atomic E-state index is 0.785. The average molecular weight is 361 g/mol. The largest absolute Gasteiger partial charge is 0.496 e. The molecule has 27 heavy (non-hydrogen) atoms. The van der Waals surface area contributed by atoms with Crippen LogP contribution in [-0.4, -0.2) is 60.2 Å². The molecule has 0 saturated carbocycles. The summed E-state index contributed by atoms with van der Waals surface area (Å²) in [6.45, 7) is 4.14. The molecule has 0 atom stereocenters. The van der Waals surface area contributed by atoms with E-state index in [9.17, 15) is 0 Å². The molecule has 1 saturated heterocycles. The second-order valence-corrected chi connectivity index (χ2v) is 6.69. The van der Waals surface area contributed by atoms with Gasteiger partial charge in [0, 0.05) is 43.5 Å². The van der Waals surface area contributed by atoms with Gasteiger partial charge in [-0.05, 0) is 31.3 Å². The van der Waals surface area contributed by atoms with Gasteiger partial charge in [0.2, 0.25) is 0 Å². The van der Waals surface area contributed by atoms with E-state index in [2.05, 4.69) is 38.9 Å². The minimum Gasteiger partial charge on any atom is -0.496 e. The third kappa shape index (κ3) is 3.75. The molecule has 0 aliphatic carbocycles. The maximum absolute atomic E-state index is 5.45. The fraction of sp³-hybridized carbons (Fsp3) is 0.286. The standard InChI is InChI=1S/C21H23N5O/c1-25-9-11-26(12-10-25)21-8-7-16(13-23-21)18-14-22-15-19(24-18)17-5-3-4-6-20(17)27-2/h3-8,13-15H,9-12H2,1-2H3. The van der Waals surface area contributed by atoms with E-state index < -0.39 is 0 Å². The van der Waals surface area contributed by atoms with Gasteiger partial charge in [-0.25, -0.2) is 9.97 Å². The molecule has 0 N–H and O–H groups in total. The van der Waals surface area contributed by atoms with Crippen molar-refractivity contribution in [3.63, 3.8) is 0 Å². The second kappa shape index (κ2) is 7.72. The lowest BCUT2D eigenvalue weighted by Gasteiger charge is -2.33. The number of hydrogen-bond donors (Lipinski definition) is 0. The fourth-order valence-corrected chi connectivity index (χ4v) is 3.25. The number of rotatable bonds is 4. The zero-order valence-electron chi connectivity index (χ0n) is 15.7. The Morgan fingerprint density at radius 3 is 2.41 bits per heavy atom. The molecule has 0 spiro atoms. The van der Waals surface area contributed by atoms with Crippen molar-refractivity contribution in [2.45, 2.75) is 0 Å². The lowest BCUT2D eigenvalue weighted by atomic mass is 10.1. The van der Waals surface area contributed by atoms with Gasteiger partial charge in [-0.1, -0.05) is 12.1 Å². The third-order valence-corrected chi connectivity index (χ3v) is 4.89. The van der Waals surface area contributed by atoms with Crippen LogP contribution >= 0.6 is 0 Å². The van der Waals surface area contributed by atoms with E-state index in [-0.39, 0.29) is 0 Å². The van der Waals surface area contributed by atoms with Crippen LogP contribution in [-0.2, 0) is 0 Å². The van der Waals surface area contributed by atoms with Gasteiger partial charge in [0.15, 0.2) is 0 Å². The number of methoxy groups -OCH3 is 1. The number of piperazine rings is 1. The summed E-state index contributed by atoms with van der Waals surface area (Å²) in [5, 5.41) is 0. The Morgan fingerprint density at radius 1 is 0.889 bits per heavy atom. The first-order chi connectivity index (χ1) is 13.2. The molecule has 6 heteroatoms. The number of anilines is 1. The van der Waals surface area contributed by atoms with Crippen LogP contribution in [0.1, 0.15) is 0 Å². The van der Waals surface area contributed by atoms with Gasteiger partial charge < -0.3 is 14.5 Å². The highest BCUT2D eigenvalue weighted by atomic mass is 16.5. The Hall–Kier alpha value is -2.99. The lowest BCUT2D eigenvalue weighted by Crippen LogP contribution is -2.44. The molecule has 3 aromatic rings. The van der Waals surface area contributed by atoms with Crippen molar-refractivity contribution in [1.29, 1.82) is 0 Å². The second-order valence-electron chi connectivity index (χ2n) is 6.69. The van der Waals surface area contributed by atoms with Crippen molar-refractivity contribution in [3.05, 3.63) is 55.0 Å². The van der Waals surface area contributed by atoms with Crippen LogP contribution in [0, 0.1) is 0 Å². The number of hydrogen-bond acceptors (Lipinski definition) is 6. The summed E-state index contributed by atoms with van der Waals surface area (Å²) >= 11 is 0. The molecule has 138 valence electrons. The molecule has 1 aliphatic rings. The van der Waals surface area contributed by atoms with Gasteiger partial charge in [-0.3, -0.25) is 4.98 Å². The summed E-state index contributed by atoms with van der Waals surface area (Å²) in [6, 6.07) is 12.0. The zero-order chi connectivity index (χ0) is 18.6. The van der Waals surface area contributed by atoms with Crippen LogP contribution in [0.25, 0.3) is 22.5 Å². The zero-order valence-corrected chi connectivity index (χ0v) is 15.7. The molecule has 4 rings (SSSR count). The molecule has 1 aromatic carbocycles. The van der Waals surface area contributed by atoms with E-state index in [1.165, 1.54) is 0 Å². The quantitative estimate of drug-likeness (QED) is 0.712. The van der Waals surface area contributed by atoms with Crippen molar-refractivity contribution >= 4 is 5.82 Å². The first-order valence-electron chi connectivity index (χ1n) is 9.10. The van der Waals surface area contributed by atoms with E-state index in [0.29, 0.717) is 0 Å². The third-order valence-electron chi connectivity index (χ3n) is 4.89. The van der Waals surface area contributed by atoms with Gasteiger partial charge >= 0.3 is 0 Å². The van der Waals surface area contributed by atoms with Gasteiger partial charge in [0.05, 0.1) is 30.9 Å². The number of para-hydroxylation sites is 1. The number of nitrogens with zero attached hydrogens (tertiary/aromatic N) is 5. The number of pyridine rings is 1. The molecule has 0 bridgehead atoms. The number of likely N-dealkylation sites (N-methyl/N-ethyl adjacent to an activating group) is 1. The van der Waals surface area contributed by atoms with Crippen molar-refractivity contribution in [1.82, 2.24) is 19.9 Å². The van der Waals surface area contributed by atoms with Crippen molar-refractivity contribution < 1.29 is 4.74 Å². The molecule has 1 aliphatic heterocycles. The van der Waals surface area contributed by atoms with Crippen LogP contribution in [0.3, 0.4) is 0 Å². The average Bonchev–Trinajstić information content (AvgIpc) is 2.74. The predicted molar refractivity (Wildman–Crippen MR) is 107 cm³/mol. The highest BCUT2D eigenvalue weighted by Gasteiger charge is 2.15. The predicted octanol–water partition coefficient (Wildman–Crippen LogP) is 2.97. The molecule has 0 radical (unpaired) electrons. The van der Waals surface area contributed by atoms with Gasteiger partial charge in [0.1, 0.15) is 11.6 Å². The van der Waals surface area contributed by atoms with Crippen LogP contribution < -0.4 is 9.64 Å². The van der Waals surface area contributed by atoms with Crippen LogP contribution in [0.2, 0.25) is 0 Å². The molecule has 6 nitrogen and oxygen atoms in total. The van der Waals surface area contributed by atoms with E-state index in [1.54, 1.807) is 19.5 Å². The molecular formula is C21H23N5O. The SMILES string of the molecule is COc1ccccc1-c1cncc(-c2ccc(N3CCN(C)CC3)nc2)n1. The maximum atomic E-state index is 5.45. The van der Waals surface area contributed by atoms with Crippen LogP contribution in [0.5, 0.6) is 5.75 Å². The minimum atomic E-state index is 0.785. The summed E-state index contributed by atoms with van der Waals surface area (Å²) < 4.78 is 5.45. The van der Waals surface area contributed by atoms with E-state index in [1.807, 2.05) is 30.5 Å². The Kier molecular flexibility index (Phi) is 4.98. The van der Waals surface area contributed by atoms with Gasteiger partial charge in [-0.2, -0.15) is 0 Å². The molecule has 3 heterocycles. The first kappa shape index (κ1) is 17.4. The summed E-state index contributed by atoms with van der Waals surface area (Å²) in [5.74, 6) is 1.80. The number of aromatic nitrogens is 3. The normalized spacial score (nSPS) is 15.0.